The van der Waals surface area contributed by atoms with Crippen LogP contribution >= 0.6 is 21.6 Å². The molecule has 0 aromatic carbocycles. The number of carbonyl (C=O) groups is 1. The van der Waals surface area contributed by atoms with Crippen LogP contribution in [0, 0.1) is 11.8 Å². The van der Waals surface area contributed by atoms with Gasteiger partial charge >= 0.3 is 11.9 Å². The van der Waals surface area contributed by atoms with Crippen LogP contribution in [0.4, 0.5) is 19.0 Å². The molecule has 0 unspecified atom stereocenters. The summed E-state index contributed by atoms with van der Waals surface area (Å²) in [7, 11) is 6.08. The lowest BCUT2D eigenvalue weighted by molar-refractivity contribution is -0.171. The quantitative estimate of drug-likeness (QED) is 0.0345. The van der Waals surface area contributed by atoms with Gasteiger partial charge in [0, 0.05) is 42.8 Å². The third-order valence-corrected chi connectivity index (χ3v) is 8.54. The van der Waals surface area contributed by atoms with Crippen molar-refractivity contribution in [2.45, 2.75) is 62.5 Å². The van der Waals surface area contributed by atoms with Crippen molar-refractivity contribution in [2.75, 3.05) is 40.0 Å². The molecule has 18 heteroatoms. The molecule has 0 spiro atoms. The molecule has 1 aromatic heterocycles. The normalized spacial score (nSPS) is 18.9. The van der Waals surface area contributed by atoms with Crippen molar-refractivity contribution in [3.63, 3.8) is 0 Å². The fraction of sp³-hybridized carbons (Fsp3) is 0.667. The van der Waals surface area contributed by atoms with E-state index in [-0.39, 0.29) is 44.5 Å². The standard InChI is InChI=1S/C24H32F3N7O6S2/c1-23(2,8-7-19(36)24(25,26)27)42-41-15-38-9-5-6-16-11-34(22(37)31-21(16)29-13-33(3)4)20-10-17(18(12-35)40-20)39-14-30-32-28/h11,13,17-18,20,35H,7-10,12,14-15H2,1-4H3/t17-,18-,20-/m1/s1. The highest BCUT2D eigenvalue weighted by molar-refractivity contribution is 8.77. The second kappa shape index (κ2) is 16.8. The molecule has 1 aliphatic rings. The van der Waals surface area contributed by atoms with Crippen LogP contribution in [0.15, 0.2) is 21.1 Å². The van der Waals surface area contributed by atoms with E-state index in [4.69, 9.17) is 19.7 Å². The maximum Gasteiger partial charge on any atom is 0.449 e. The van der Waals surface area contributed by atoms with Gasteiger partial charge in [-0.1, -0.05) is 38.5 Å². The Balaban J connectivity index is 2.05. The molecule has 1 fully saturated rings. The van der Waals surface area contributed by atoms with Crippen LogP contribution in [0.25, 0.3) is 10.4 Å². The van der Waals surface area contributed by atoms with Gasteiger partial charge in [-0.3, -0.25) is 9.36 Å². The summed E-state index contributed by atoms with van der Waals surface area (Å²) in [6, 6.07) is 0. The molecule has 1 N–H and O–H groups in total. The van der Waals surface area contributed by atoms with Crippen LogP contribution in [-0.4, -0.2) is 94.8 Å². The topological polar surface area (TPSA) is 164 Å². The predicted octanol–water partition coefficient (Wildman–Crippen LogP) is 3.79. The Morgan fingerprint density at radius 1 is 1.43 bits per heavy atom. The van der Waals surface area contributed by atoms with Crippen LogP contribution < -0.4 is 5.69 Å². The minimum absolute atomic E-state index is 0.00164. The van der Waals surface area contributed by atoms with E-state index in [0.717, 1.165) is 0 Å². The molecule has 0 aliphatic carbocycles. The van der Waals surface area contributed by atoms with E-state index < -0.39 is 47.3 Å². The number of ether oxygens (including phenoxy) is 3. The van der Waals surface area contributed by atoms with E-state index in [1.54, 1.807) is 32.8 Å². The molecule has 13 nitrogen and oxygen atoms in total. The first-order chi connectivity index (χ1) is 19.8. The Bertz CT molecular complexity index is 1260. The Morgan fingerprint density at radius 3 is 2.81 bits per heavy atom. The third-order valence-electron chi connectivity index (χ3n) is 5.51. The van der Waals surface area contributed by atoms with Crippen LogP contribution in [0.5, 0.6) is 0 Å². The highest BCUT2D eigenvalue weighted by Gasteiger charge is 2.39. The summed E-state index contributed by atoms with van der Waals surface area (Å²) in [4.78, 5) is 36.4. The third kappa shape index (κ3) is 11.8. The smallest absolute Gasteiger partial charge is 0.394 e. The minimum atomic E-state index is -4.83. The number of aromatic nitrogens is 2. The van der Waals surface area contributed by atoms with Crippen molar-refractivity contribution in [1.82, 2.24) is 14.5 Å². The highest BCUT2D eigenvalue weighted by atomic mass is 33.1. The SMILES string of the molecule is CN(C)C=Nc1nc(=O)n([C@H]2C[C@@H](OCN=[N+]=[N-])[C@@H](CO)O2)cc1C#CCOCSSC(C)(C)CCC(=O)C(F)(F)F. The van der Waals surface area contributed by atoms with E-state index in [2.05, 4.69) is 31.8 Å². The Labute approximate surface area is 248 Å². The first-order valence-corrected chi connectivity index (χ1v) is 14.8. The van der Waals surface area contributed by atoms with Crippen molar-refractivity contribution in [1.29, 1.82) is 0 Å². The first-order valence-electron chi connectivity index (χ1n) is 12.5. The lowest BCUT2D eigenvalue weighted by atomic mass is 10.0. The monoisotopic (exact) mass is 635 g/mol. The summed E-state index contributed by atoms with van der Waals surface area (Å²) in [5.41, 5.74) is 8.09. The summed E-state index contributed by atoms with van der Waals surface area (Å²) in [5, 5.41) is 13.0. The number of azide groups is 1. The predicted molar refractivity (Wildman–Crippen MR) is 152 cm³/mol. The van der Waals surface area contributed by atoms with E-state index in [9.17, 15) is 27.9 Å². The molecule has 3 atom stereocenters. The molecule has 2 heterocycles. The number of ketones is 1. The van der Waals surface area contributed by atoms with Gasteiger partial charge in [0.1, 0.15) is 31.6 Å². The number of aliphatic hydroxyl groups is 1. The number of carbonyl (C=O) groups excluding carboxylic acids is 1. The molecule has 2 rings (SSSR count). The maximum absolute atomic E-state index is 12.8. The Morgan fingerprint density at radius 2 is 2.17 bits per heavy atom. The summed E-state index contributed by atoms with van der Waals surface area (Å²) >= 11 is 0. The fourth-order valence-electron chi connectivity index (χ4n) is 3.43. The van der Waals surface area contributed by atoms with Gasteiger partial charge in [-0.2, -0.15) is 18.2 Å². The second-order valence-electron chi connectivity index (χ2n) is 9.64. The molecule has 0 amide bonds. The molecule has 1 saturated heterocycles. The number of alkyl halides is 3. The lowest BCUT2D eigenvalue weighted by Gasteiger charge is -2.22. The number of rotatable bonds is 15. The van der Waals surface area contributed by atoms with Gasteiger partial charge in [0.05, 0.1) is 24.6 Å². The summed E-state index contributed by atoms with van der Waals surface area (Å²) in [6.45, 7) is 2.85. The first kappa shape index (κ1) is 35.4. The largest absolute Gasteiger partial charge is 0.449 e. The molecule has 1 aromatic rings. The number of halogens is 3. The Hall–Kier alpha value is -2.78. The zero-order valence-corrected chi connectivity index (χ0v) is 25.0. The van der Waals surface area contributed by atoms with E-state index in [1.165, 1.54) is 38.7 Å². The van der Waals surface area contributed by atoms with E-state index in [0.29, 0.717) is 5.56 Å². The fourth-order valence-corrected chi connectivity index (χ4v) is 5.69. The summed E-state index contributed by atoms with van der Waals surface area (Å²) in [5.74, 6) is 4.23. The number of hydrogen-bond donors (Lipinski definition) is 1. The number of hydrogen-bond acceptors (Lipinski definition) is 11. The lowest BCUT2D eigenvalue weighted by Crippen LogP contribution is -2.28. The van der Waals surface area contributed by atoms with E-state index >= 15 is 0 Å². The van der Waals surface area contributed by atoms with Gasteiger partial charge in [0.15, 0.2) is 5.82 Å². The average Bonchev–Trinajstić information content (AvgIpc) is 3.33. The van der Waals surface area contributed by atoms with Gasteiger partial charge in [-0.25, -0.2) is 9.79 Å². The number of aliphatic imine (C=N–C) groups is 1. The van der Waals surface area contributed by atoms with Gasteiger partial charge in [0.2, 0.25) is 5.78 Å². The molecule has 1 aliphatic heterocycles. The number of aliphatic hydroxyl groups excluding tert-OH is 1. The van der Waals surface area contributed by atoms with Crippen LogP contribution in [0.2, 0.25) is 0 Å². The van der Waals surface area contributed by atoms with Gasteiger partial charge < -0.3 is 24.2 Å². The molecular weight excluding hydrogens is 603 g/mol. The molecule has 0 radical (unpaired) electrons. The van der Waals surface area contributed by atoms with Crippen molar-refractivity contribution in [3.8, 4) is 11.8 Å². The Kier molecular flexibility index (Phi) is 14.1. The highest BCUT2D eigenvalue weighted by Crippen LogP contribution is 2.39. The molecular formula is C24H32F3N7O6S2. The van der Waals surface area contributed by atoms with Gasteiger partial charge in [-0.15, -0.1) is 0 Å². The molecule has 42 heavy (non-hydrogen) atoms. The molecule has 0 bridgehead atoms. The van der Waals surface area contributed by atoms with Crippen molar-refractivity contribution in [3.05, 3.63) is 32.7 Å². The zero-order valence-electron chi connectivity index (χ0n) is 23.4. The maximum atomic E-state index is 12.8. The van der Waals surface area contributed by atoms with E-state index in [1.807, 2.05) is 0 Å². The molecule has 0 saturated carbocycles. The number of Topliss-reactive ketones (excluding diaryl/α,β-unsaturated/α-hetero) is 1. The van der Waals surface area contributed by atoms with Gasteiger partial charge in [-0.05, 0) is 25.8 Å². The minimum Gasteiger partial charge on any atom is -0.394 e. The van der Waals surface area contributed by atoms with Crippen LogP contribution in [0.1, 0.15) is 44.9 Å². The van der Waals surface area contributed by atoms with Crippen molar-refractivity contribution < 1.29 is 37.3 Å². The van der Waals surface area contributed by atoms with Crippen LogP contribution in [0.3, 0.4) is 0 Å². The average molecular weight is 636 g/mol. The molecule has 232 valence electrons. The summed E-state index contributed by atoms with van der Waals surface area (Å²) in [6.07, 6.45) is -4.48. The van der Waals surface area contributed by atoms with Crippen molar-refractivity contribution in [2.24, 2.45) is 10.1 Å². The van der Waals surface area contributed by atoms with Gasteiger partial charge in [0.25, 0.3) is 0 Å². The summed E-state index contributed by atoms with van der Waals surface area (Å²) < 4.78 is 54.7. The van der Waals surface area contributed by atoms with Crippen molar-refractivity contribution >= 4 is 39.5 Å². The number of nitrogens with zero attached hydrogens (tertiary/aromatic N) is 7. The van der Waals surface area contributed by atoms with Crippen LogP contribution in [-0.2, 0) is 19.0 Å². The second-order valence-corrected chi connectivity index (χ2v) is 12.6. The zero-order chi connectivity index (χ0) is 31.3.